The van der Waals surface area contributed by atoms with E-state index in [0.717, 1.165) is 18.7 Å². The van der Waals surface area contributed by atoms with Crippen molar-refractivity contribution in [1.29, 1.82) is 0 Å². The summed E-state index contributed by atoms with van der Waals surface area (Å²) in [6.07, 6.45) is 4.01. The lowest BCUT2D eigenvalue weighted by atomic mass is 10.1. The van der Waals surface area contributed by atoms with Gasteiger partial charge in [0.1, 0.15) is 5.82 Å². The molecule has 1 amide bonds. The summed E-state index contributed by atoms with van der Waals surface area (Å²) in [5, 5.41) is 5.42. The maximum absolute atomic E-state index is 14.9. The Kier molecular flexibility index (Phi) is 3.33. The molecule has 3 heterocycles. The lowest BCUT2D eigenvalue weighted by Gasteiger charge is -2.18. The van der Waals surface area contributed by atoms with E-state index in [0.29, 0.717) is 22.7 Å². The molecular weight excluding hydrogens is 325 g/mol. The van der Waals surface area contributed by atoms with Crippen LogP contribution < -0.4 is 10.2 Å². The van der Waals surface area contributed by atoms with Gasteiger partial charge >= 0.3 is 0 Å². The van der Waals surface area contributed by atoms with Crippen LogP contribution in [0.4, 0.5) is 14.7 Å². The second kappa shape index (κ2) is 5.24. The number of nitrogens with one attached hydrogen (secondary N) is 1. The number of hydrogen-bond acceptors (Lipinski definition) is 7. The molecule has 0 spiro atoms. The largest absolute Gasteiger partial charge is 0.343 e. The number of carbonyl (C=O) groups is 1. The number of carbonyl (C=O) groups excluding carboxylic acids is 1. The predicted molar refractivity (Wildman–Crippen MR) is 83.3 cm³/mol. The molecule has 2 aliphatic rings. The standard InChI is InChI=1S/C13H14FN5OS2/c14-13(10(20)17-11-15-4-6-21-11)3-5-19(7-13)12-16-9(18-22-12)8-1-2-8/h4,6,8H,1-3,5,7H2,(H,15,17,20). The first kappa shape index (κ1) is 14.0. The second-order valence-electron chi connectivity index (χ2n) is 5.64. The monoisotopic (exact) mass is 339 g/mol. The van der Waals surface area contributed by atoms with Gasteiger partial charge in [0.2, 0.25) is 10.8 Å². The highest BCUT2D eigenvalue weighted by Gasteiger charge is 2.46. The molecule has 9 heteroatoms. The van der Waals surface area contributed by atoms with Crippen molar-refractivity contribution in [1.82, 2.24) is 14.3 Å². The van der Waals surface area contributed by atoms with Gasteiger partial charge in [0.15, 0.2) is 5.13 Å². The van der Waals surface area contributed by atoms with E-state index >= 15 is 0 Å². The number of thiazole rings is 1. The van der Waals surface area contributed by atoms with Crippen molar-refractivity contribution in [2.75, 3.05) is 23.3 Å². The van der Waals surface area contributed by atoms with Crippen LogP contribution >= 0.6 is 22.9 Å². The van der Waals surface area contributed by atoms with E-state index in [4.69, 9.17) is 0 Å². The number of anilines is 2. The zero-order chi connectivity index (χ0) is 15.2. The Hall–Kier alpha value is -1.61. The molecule has 1 saturated heterocycles. The van der Waals surface area contributed by atoms with Crippen molar-refractivity contribution in [2.24, 2.45) is 0 Å². The summed E-state index contributed by atoms with van der Waals surface area (Å²) in [5.41, 5.74) is -1.91. The van der Waals surface area contributed by atoms with Gasteiger partial charge in [-0.25, -0.2) is 14.4 Å². The van der Waals surface area contributed by atoms with Crippen molar-refractivity contribution in [2.45, 2.75) is 30.8 Å². The summed E-state index contributed by atoms with van der Waals surface area (Å²) in [6.45, 7) is 0.491. The van der Waals surface area contributed by atoms with Crippen LogP contribution in [-0.4, -0.2) is 39.0 Å². The van der Waals surface area contributed by atoms with E-state index in [2.05, 4.69) is 19.7 Å². The Balaban J connectivity index is 1.44. The third-order valence-corrected chi connectivity index (χ3v) is 5.40. The highest BCUT2D eigenvalue weighted by Crippen LogP contribution is 2.40. The maximum Gasteiger partial charge on any atom is 0.265 e. The van der Waals surface area contributed by atoms with Gasteiger partial charge in [0, 0.05) is 42.0 Å². The quantitative estimate of drug-likeness (QED) is 0.926. The van der Waals surface area contributed by atoms with Crippen molar-refractivity contribution in [3.63, 3.8) is 0 Å². The molecular formula is C13H14FN5OS2. The number of hydrogen-bond donors (Lipinski definition) is 1. The van der Waals surface area contributed by atoms with Crippen LogP contribution in [0.15, 0.2) is 11.6 Å². The molecule has 0 aromatic carbocycles. The number of aromatic nitrogens is 3. The number of nitrogens with zero attached hydrogens (tertiary/aromatic N) is 4. The molecule has 0 radical (unpaired) electrons. The zero-order valence-corrected chi connectivity index (χ0v) is 13.3. The fourth-order valence-corrected chi connectivity index (χ4v) is 3.77. The average Bonchev–Trinajstić information content (AvgIpc) is 2.95. The van der Waals surface area contributed by atoms with Crippen LogP contribution in [0.5, 0.6) is 0 Å². The molecule has 2 fully saturated rings. The third-order valence-electron chi connectivity index (χ3n) is 3.92. The fourth-order valence-electron chi connectivity index (χ4n) is 2.48. The molecule has 1 N–H and O–H groups in total. The molecule has 1 aliphatic heterocycles. The van der Waals surface area contributed by atoms with E-state index in [1.165, 1.54) is 22.9 Å². The lowest BCUT2D eigenvalue weighted by Crippen LogP contribution is -2.41. The molecule has 22 heavy (non-hydrogen) atoms. The topological polar surface area (TPSA) is 71.0 Å². The van der Waals surface area contributed by atoms with E-state index in [9.17, 15) is 9.18 Å². The van der Waals surface area contributed by atoms with Gasteiger partial charge in [0.25, 0.3) is 5.91 Å². The molecule has 1 saturated carbocycles. The smallest absolute Gasteiger partial charge is 0.265 e. The summed E-state index contributed by atoms with van der Waals surface area (Å²) in [6, 6.07) is 0. The van der Waals surface area contributed by atoms with Gasteiger partial charge in [-0.05, 0) is 12.8 Å². The minimum atomic E-state index is -1.91. The average molecular weight is 339 g/mol. The minimum absolute atomic E-state index is 0.0174. The normalized spacial score (nSPS) is 24.7. The summed E-state index contributed by atoms with van der Waals surface area (Å²) in [5.74, 6) is 0.719. The predicted octanol–water partition coefficient (Wildman–Crippen LogP) is 2.43. The first-order chi connectivity index (χ1) is 10.6. The first-order valence-electron chi connectivity index (χ1n) is 7.12. The summed E-state index contributed by atoms with van der Waals surface area (Å²) in [7, 11) is 0. The van der Waals surface area contributed by atoms with Crippen molar-refractivity contribution in [3.05, 3.63) is 17.4 Å². The van der Waals surface area contributed by atoms with Crippen LogP contribution in [0, 0.1) is 0 Å². The van der Waals surface area contributed by atoms with Crippen molar-refractivity contribution < 1.29 is 9.18 Å². The number of alkyl halides is 1. The molecule has 1 unspecified atom stereocenters. The second-order valence-corrected chi connectivity index (χ2v) is 7.26. The number of halogens is 1. The van der Waals surface area contributed by atoms with Crippen molar-refractivity contribution in [3.8, 4) is 0 Å². The van der Waals surface area contributed by atoms with Gasteiger partial charge in [-0.3, -0.25) is 10.1 Å². The molecule has 1 aliphatic carbocycles. The third kappa shape index (κ3) is 2.58. The molecule has 1 atom stereocenters. The van der Waals surface area contributed by atoms with Crippen LogP contribution in [0.2, 0.25) is 0 Å². The van der Waals surface area contributed by atoms with E-state index in [1.54, 1.807) is 11.6 Å². The maximum atomic E-state index is 14.9. The summed E-state index contributed by atoms with van der Waals surface area (Å²) < 4.78 is 19.2. The molecule has 0 bridgehead atoms. The van der Waals surface area contributed by atoms with Crippen LogP contribution in [0.3, 0.4) is 0 Å². The SMILES string of the molecule is O=C(Nc1nccs1)C1(F)CCN(c2nc(C3CC3)ns2)C1. The van der Waals surface area contributed by atoms with Crippen LogP contribution in [-0.2, 0) is 4.79 Å². The molecule has 2 aromatic rings. The fraction of sp³-hybridized carbons (Fsp3) is 0.538. The van der Waals surface area contributed by atoms with Gasteiger partial charge in [-0.2, -0.15) is 4.37 Å². The Morgan fingerprint density at radius 2 is 2.36 bits per heavy atom. The van der Waals surface area contributed by atoms with E-state index < -0.39 is 11.6 Å². The van der Waals surface area contributed by atoms with Gasteiger partial charge in [-0.15, -0.1) is 11.3 Å². The summed E-state index contributed by atoms with van der Waals surface area (Å²) >= 11 is 2.56. The Morgan fingerprint density at radius 1 is 1.50 bits per heavy atom. The Labute approximate surface area is 134 Å². The minimum Gasteiger partial charge on any atom is -0.343 e. The van der Waals surface area contributed by atoms with Crippen LogP contribution in [0.1, 0.15) is 31.0 Å². The Morgan fingerprint density at radius 3 is 3.09 bits per heavy atom. The van der Waals surface area contributed by atoms with Crippen molar-refractivity contribution >= 4 is 39.0 Å². The highest BCUT2D eigenvalue weighted by atomic mass is 32.1. The van der Waals surface area contributed by atoms with Crippen LogP contribution in [0.25, 0.3) is 0 Å². The van der Waals surface area contributed by atoms with E-state index in [1.807, 2.05) is 4.90 Å². The summed E-state index contributed by atoms with van der Waals surface area (Å²) in [4.78, 5) is 22.4. The molecule has 4 rings (SSSR count). The lowest BCUT2D eigenvalue weighted by molar-refractivity contribution is -0.126. The number of amides is 1. The first-order valence-corrected chi connectivity index (χ1v) is 8.78. The zero-order valence-electron chi connectivity index (χ0n) is 11.7. The highest BCUT2D eigenvalue weighted by molar-refractivity contribution is 7.13. The van der Waals surface area contributed by atoms with E-state index in [-0.39, 0.29) is 13.0 Å². The van der Waals surface area contributed by atoms with Gasteiger partial charge < -0.3 is 4.90 Å². The van der Waals surface area contributed by atoms with Gasteiger partial charge in [0.05, 0.1) is 6.54 Å². The Bertz CT molecular complexity index is 686. The molecule has 2 aromatic heterocycles. The molecule has 116 valence electrons. The molecule has 6 nitrogen and oxygen atoms in total. The number of rotatable bonds is 4. The van der Waals surface area contributed by atoms with Gasteiger partial charge in [-0.1, -0.05) is 0 Å².